The minimum absolute atomic E-state index is 0. The second kappa shape index (κ2) is 6.87. The minimum atomic E-state index is -0.472. The van der Waals surface area contributed by atoms with Crippen LogP contribution in [0.5, 0.6) is 0 Å². The van der Waals surface area contributed by atoms with E-state index in [9.17, 15) is 9.90 Å². The van der Waals surface area contributed by atoms with Crippen molar-refractivity contribution in [3.8, 4) is 0 Å². The second-order valence-corrected chi connectivity index (χ2v) is 4.63. The predicted octanol–water partition coefficient (Wildman–Crippen LogP) is -1.48. The van der Waals surface area contributed by atoms with Crippen molar-refractivity contribution in [2.75, 3.05) is 6.61 Å². The molecule has 0 aromatic heterocycles. The number of hydrogen-bond donors (Lipinski definition) is 0. The topological polar surface area (TPSA) is 49.4 Å². The van der Waals surface area contributed by atoms with E-state index in [0.717, 1.165) is 5.56 Å². The second-order valence-electron chi connectivity index (χ2n) is 4.63. The summed E-state index contributed by atoms with van der Waals surface area (Å²) in [5.74, 6) is -0.382. The van der Waals surface area contributed by atoms with Gasteiger partial charge in [0.2, 0.25) is 0 Å². The van der Waals surface area contributed by atoms with Gasteiger partial charge in [-0.3, -0.25) is 0 Å². The maximum absolute atomic E-state index is 11.9. The molecular formula is C14H15KO3. The Morgan fingerprint density at radius 3 is 2.67 bits per heavy atom. The van der Waals surface area contributed by atoms with E-state index in [1.165, 1.54) is 0 Å². The van der Waals surface area contributed by atoms with Crippen molar-refractivity contribution in [2.24, 2.45) is 5.92 Å². The molecule has 0 heterocycles. The van der Waals surface area contributed by atoms with Gasteiger partial charge in [-0.05, 0) is 17.0 Å². The Morgan fingerprint density at radius 1 is 1.39 bits per heavy atom. The Balaban J connectivity index is 0.00000162. The average Bonchev–Trinajstić information content (AvgIpc) is 2.64. The smallest absolute Gasteiger partial charge is 0.872 e. The van der Waals surface area contributed by atoms with E-state index >= 15 is 0 Å². The molecule has 0 radical (unpaired) electrons. The number of carbonyl (C=O) groups excluding carboxylic acids is 1. The molecule has 0 N–H and O–H groups in total. The fourth-order valence-electron chi connectivity index (χ4n) is 1.82. The van der Waals surface area contributed by atoms with E-state index in [1.807, 2.05) is 26.0 Å². The van der Waals surface area contributed by atoms with Gasteiger partial charge in [0.25, 0.3) is 0 Å². The molecule has 90 valence electrons. The van der Waals surface area contributed by atoms with E-state index in [4.69, 9.17) is 4.74 Å². The summed E-state index contributed by atoms with van der Waals surface area (Å²) >= 11 is 0. The summed E-state index contributed by atoms with van der Waals surface area (Å²) < 4.78 is 5.09. The van der Waals surface area contributed by atoms with Gasteiger partial charge in [0.15, 0.2) is 0 Å². The van der Waals surface area contributed by atoms with Crippen molar-refractivity contribution in [3.63, 3.8) is 0 Å². The van der Waals surface area contributed by atoms with Crippen molar-refractivity contribution in [2.45, 2.75) is 20.3 Å². The fraction of sp³-hybridized carbons (Fsp3) is 0.357. The maximum Gasteiger partial charge on any atom is 1.00 e. The monoisotopic (exact) mass is 270 g/mol. The summed E-state index contributed by atoms with van der Waals surface area (Å²) in [4.78, 5) is 11.7. The molecule has 0 fully saturated rings. The summed E-state index contributed by atoms with van der Waals surface area (Å²) in [7, 11) is 0. The van der Waals surface area contributed by atoms with E-state index in [1.54, 1.807) is 12.1 Å². The zero-order valence-corrected chi connectivity index (χ0v) is 14.1. The largest absolute Gasteiger partial charge is 1.00 e. The van der Waals surface area contributed by atoms with Crippen LogP contribution in [0, 0.1) is 5.92 Å². The standard InChI is InChI=1S/C14H16O3.K/c1-9(2)8-17-14(16)12-7-10-5-3-4-6-11(10)13(12)15;/h3-6,9,15H,7-8H2,1-2H3;/q;+1/p-1. The molecule has 18 heavy (non-hydrogen) atoms. The van der Waals surface area contributed by atoms with Crippen molar-refractivity contribution >= 4 is 11.7 Å². The van der Waals surface area contributed by atoms with Crippen LogP contribution in [0.1, 0.15) is 25.0 Å². The normalized spacial score (nSPS) is 13.3. The number of benzene rings is 1. The molecule has 0 amide bonds. The van der Waals surface area contributed by atoms with Gasteiger partial charge in [-0.2, -0.15) is 0 Å². The first kappa shape index (κ1) is 15.9. The van der Waals surface area contributed by atoms with Gasteiger partial charge in [-0.25, -0.2) is 4.79 Å². The van der Waals surface area contributed by atoms with E-state index in [0.29, 0.717) is 18.6 Å². The molecule has 0 bridgehead atoms. The van der Waals surface area contributed by atoms with Gasteiger partial charge in [0.05, 0.1) is 6.61 Å². The van der Waals surface area contributed by atoms with Crippen LogP contribution in [0.3, 0.4) is 0 Å². The Morgan fingerprint density at radius 2 is 2.06 bits per heavy atom. The molecule has 1 aliphatic rings. The van der Waals surface area contributed by atoms with Gasteiger partial charge in [0.1, 0.15) is 0 Å². The first-order chi connectivity index (χ1) is 8.09. The SMILES string of the molecule is CC(C)COC(=O)C1=C([O-])c2ccccc2C1.[K+]. The molecule has 1 aliphatic carbocycles. The fourth-order valence-corrected chi connectivity index (χ4v) is 1.82. The molecule has 0 saturated carbocycles. The maximum atomic E-state index is 11.9. The molecule has 2 rings (SSSR count). The van der Waals surface area contributed by atoms with Crippen LogP contribution >= 0.6 is 0 Å². The number of esters is 1. The van der Waals surface area contributed by atoms with Crippen molar-refractivity contribution in [1.82, 2.24) is 0 Å². The Hall–Kier alpha value is -0.134. The van der Waals surface area contributed by atoms with Gasteiger partial charge < -0.3 is 9.84 Å². The Kier molecular flexibility index (Phi) is 6.07. The summed E-state index contributed by atoms with van der Waals surface area (Å²) in [5.41, 5.74) is 1.80. The van der Waals surface area contributed by atoms with Gasteiger partial charge >= 0.3 is 57.4 Å². The third-order valence-electron chi connectivity index (χ3n) is 2.70. The molecule has 0 spiro atoms. The van der Waals surface area contributed by atoms with Crippen LogP contribution in [0.2, 0.25) is 0 Å². The van der Waals surface area contributed by atoms with E-state index < -0.39 is 5.97 Å². The van der Waals surface area contributed by atoms with E-state index in [-0.39, 0.29) is 68.6 Å². The molecule has 4 heteroatoms. The van der Waals surface area contributed by atoms with Crippen LogP contribution in [-0.2, 0) is 16.0 Å². The zero-order valence-electron chi connectivity index (χ0n) is 11.0. The van der Waals surface area contributed by atoms with Crippen LogP contribution in [0.4, 0.5) is 0 Å². The molecular weight excluding hydrogens is 255 g/mol. The third-order valence-corrected chi connectivity index (χ3v) is 2.70. The Bertz CT molecular complexity index is 478. The number of rotatable bonds is 3. The van der Waals surface area contributed by atoms with Crippen molar-refractivity contribution in [3.05, 3.63) is 41.0 Å². The summed E-state index contributed by atoms with van der Waals surface area (Å²) in [6.45, 7) is 4.28. The summed E-state index contributed by atoms with van der Waals surface area (Å²) in [5, 5.41) is 11.9. The van der Waals surface area contributed by atoms with Gasteiger partial charge in [0, 0.05) is 12.0 Å². The van der Waals surface area contributed by atoms with Crippen LogP contribution < -0.4 is 56.5 Å². The van der Waals surface area contributed by atoms with E-state index in [2.05, 4.69) is 0 Å². The quantitative estimate of drug-likeness (QED) is 0.497. The molecule has 1 aromatic rings. The molecule has 1 aromatic carbocycles. The van der Waals surface area contributed by atoms with Crippen LogP contribution in [-0.4, -0.2) is 12.6 Å². The number of fused-ring (bicyclic) bond motifs is 1. The van der Waals surface area contributed by atoms with Gasteiger partial charge in [-0.15, -0.1) is 0 Å². The molecule has 3 nitrogen and oxygen atoms in total. The zero-order chi connectivity index (χ0) is 12.4. The third kappa shape index (κ3) is 3.45. The van der Waals surface area contributed by atoms with Crippen LogP contribution in [0.25, 0.3) is 5.76 Å². The first-order valence-electron chi connectivity index (χ1n) is 5.75. The van der Waals surface area contributed by atoms with Crippen molar-refractivity contribution < 1.29 is 66.0 Å². The molecule has 0 aliphatic heterocycles. The average molecular weight is 270 g/mol. The van der Waals surface area contributed by atoms with Crippen LogP contribution in [0.15, 0.2) is 29.8 Å². The minimum Gasteiger partial charge on any atom is -0.872 e. The molecule has 0 unspecified atom stereocenters. The predicted molar refractivity (Wildman–Crippen MR) is 62.9 cm³/mol. The summed E-state index contributed by atoms with van der Waals surface area (Å²) in [6, 6.07) is 7.30. The Labute approximate surface area is 150 Å². The summed E-state index contributed by atoms with van der Waals surface area (Å²) in [6.07, 6.45) is 0.395. The number of ether oxygens (including phenoxy) is 1. The molecule has 0 saturated heterocycles. The number of carbonyl (C=O) groups is 1. The van der Waals surface area contributed by atoms with Crippen molar-refractivity contribution in [1.29, 1.82) is 0 Å². The first-order valence-corrected chi connectivity index (χ1v) is 5.75. The number of hydrogen-bond acceptors (Lipinski definition) is 3. The van der Waals surface area contributed by atoms with Gasteiger partial charge in [-0.1, -0.05) is 43.9 Å². The molecule has 0 atom stereocenters.